The molecule has 3 N–H and O–H groups in total. The minimum atomic E-state index is -4.41. The molecule has 2 atom stereocenters. The molecular formula is C12H17F3N4O. The summed E-state index contributed by atoms with van der Waals surface area (Å²) in [7, 11) is 1.64. The fourth-order valence-corrected chi connectivity index (χ4v) is 2.73. The molecule has 1 aromatic rings. The van der Waals surface area contributed by atoms with Crippen LogP contribution in [-0.4, -0.2) is 28.3 Å². The van der Waals surface area contributed by atoms with Gasteiger partial charge < -0.3 is 11.1 Å². The van der Waals surface area contributed by atoms with Crippen LogP contribution < -0.4 is 11.1 Å². The number of carbonyl (C=O) groups excluding carboxylic acids is 1. The molecule has 1 aliphatic rings. The fourth-order valence-electron chi connectivity index (χ4n) is 2.73. The van der Waals surface area contributed by atoms with Gasteiger partial charge in [0.15, 0.2) is 0 Å². The van der Waals surface area contributed by atoms with Crippen molar-refractivity contribution in [3.63, 3.8) is 0 Å². The van der Waals surface area contributed by atoms with Gasteiger partial charge in [-0.3, -0.25) is 9.48 Å². The zero-order chi connectivity index (χ0) is 15.0. The van der Waals surface area contributed by atoms with Gasteiger partial charge in [-0.1, -0.05) is 0 Å². The number of amides is 1. The number of carbonyl (C=O) groups is 1. The van der Waals surface area contributed by atoms with E-state index in [9.17, 15) is 18.0 Å². The number of hydrogen-bond donors (Lipinski definition) is 2. The van der Waals surface area contributed by atoms with Crippen molar-refractivity contribution >= 4 is 5.91 Å². The molecule has 0 aliphatic heterocycles. The normalized spacial score (nSPS) is 27.5. The lowest BCUT2D eigenvalue weighted by atomic mass is 9.78. The van der Waals surface area contributed by atoms with Gasteiger partial charge in [0.05, 0.1) is 23.3 Å². The second-order valence-electron chi connectivity index (χ2n) is 5.15. The van der Waals surface area contributed by atoms with Crippen LogP contribution in [0.4, 0.5) is 13.2 Å². The van der Waals surface area contributed by atoms with Crippen molar-refractivity contribution in [3.05, 3.63) is 18.0 Å². The first kappa shape index (κ1) is 14.8. The first-order chi connectivity index (χ1) is 9.28. The molecule has 1 amide bonds. The van der Waals surface area contributed by atoms with Crippen molar-refractivity contribution in [2.24, 2.45) is 5.73 Å². The lowest BCUT2D eigenvalue weighted by Gasteiger charge is -2.38. The number of hydrogen-bond acceptors (Lipinski definition) is 3. The molecule has 1 heterocycles. The first-order valence-electron chi connectivity index (χ1n) is 6.39. The van der Waals surface area contributed by atoms with Crippen LogP contribution in [0.5, 0.6) is 0 Å². The molecule has 0 aromatic carbocycles. The Morgan fingerprint density at radius 3 is 2.80 bits per heavy atom. The van der Waals surface area contributed by atoms with Gasteiger partial charge in [-0.05, 0) is 32.7 Å². The number of nitrogens with one attached hydrogen (secondary N) is 1. The van der Waals surface area contributed by atoms with E-state index >= 15 is 0 Å². The Labute approximate surface area is 114 Å². The van der Waals surface area contributed by atoms with E-state index in [0.717, 1.165) is 12.4 Å². The standard InChI is InChI=1S/C12H17F3N4O/c1-17-11(10(16)20)4-2-3-9(5-11)19-7-8(6-18-19)12(13,14)15/h6-7,9,17H,2-5H2,1H3,(H2,16,20). The summed E-state index contributed by atoms with van der Waals surface area (Å²) < 4.78 is 39.0. The second kappa shape index (κ2) is 5.08. The van der Waals surface area contributed by atoms with Gasteiger partial charge in [0.1, 0.15) is 0 Å². The number of primary amides is 1. The van der Waals surface area contributed by atoms with E-state index in [1.165, 1.54) is 4.68 Å². The third-order valence-electron chi connectivity index (χ3n) is 3.98. The maximum atomic E-state index is 12.6. The monoisotopic (exact) mass is 290 g/mol. The van der Waals surface area contributed by atoms with Crippen molar-refractivity contribution < 1.29 is 18.0 Å². The van der Waals surface area contributed by atoms with E-state index in [1.807, 2.05) is 0 Å². The lowest BCUT2D eigenvalue weighted by molar-refractivity contribution is -0.137. The maximum Gasteiger partial charge on any atom is 0.419 e. The van der Waals surface area contributed by atoms with Crippen molar-refractivity contribution in [2.45, 2.75) is 43.4 Å². The minimum Gasteiger partial charge on any atom is -0.368 e. The molecule has 1 aliphatic carbocycles. The van der Waals surface area contributed by atoms with Gasteiger partial charge in [-0.15, -0.1) is 0 Å². The van der Waals surface area contributed by atoms with Gasteiger partial charge in [0, 0.05) is 6.20 Å². The SMILES string of the molecule is CNC1(C(N)=O)CCCC(n2cc(C(F)(F)F)cn2)C1. The summed E-state index contributed by atoms with van der Waals surface area (Å²) in [4.78, 5) is 11.6. The van der Waals surface area contributed by atoms with Gasteiger partial charge in [0.2, 0.25) is 5.91 Å². The van der Waals surface area contributed by atoms with E-state index in [2.05, 4.69) is 10.4 Å². The first-order valence-corrected chi connectivity index (χ1v) is 6.39. The van der Waals surface area contributed by atoms with Crippen LogP contribution in [0.2, 0.25) is 0 Å². The quantitative estimate of drug-likeness (QED) is 0.885. The molecule has 1 aromatic heterocycles. The van der Waals surface area contributed by atoms with Crippen LogP contribution in [0.3, 0.4) is 0 Å². The molecule has 8 heteroatoms. The fraction of sp³-hybridized carbons (Fsp3) is 0.667. The topological polar surface area (TPSA) is 72.9 Å². The van der Waals surface area contributed by atoms with Gasteiger partial charge >= 0.3 is 6.18 Å². The average Bonchev–Trinajstić information content (AvgIpc) is 2.88. The summed E-state index contributed by atoms with van der Waals surface area (Å²) in [5.41, 5.74) is 3.77. The predicted molar refractivity (Wildman–Crippen MR) is 65.7 cm³/mol. The summed E-state index contributed by atoms with van der Waals surface area (Å²) in [5.74, 6) is -0.479. The van der Waals surface area contributed by atoms with E-state index in [-0.39, 0.29) is 6.04 Å². The maximum absolute atomic E-state index is 12.6. The highest BCUT2D eigenvalue weighted by Gasteiger charge is 2.41. The number of nitrogens with zero attached hydrogens (tertiary/aromatic N) is 2. The number of rotatable bonds is 3. The van der Waals surface area contributed by atoms with E-state index < -0.39 is 23.2 Å². The predicted octanol–water partition coefficient (Wildman–Crippen LogP) is 1.46. The molecule has 20 heavy (non-hydrogen) atoms. The molecule has 1 fully saturated rings. The Balaban J connectivity index is 2.21. The molecule has 112 valence electrons. The highest BCUT2D eigenvalue weighted by Crippen LogP contribution is 2.36. The number of alkyl halides is 3. The Bertz CT molecular complexity index is 499. The van der Waals surface area contributed by atoms with Gasteiger partial charge in [-0.2, -0.15) is 18.3 Å². The summed E-state index contributed by atoms with van der Waals surface area (Å²) in [6.45, 7) is 0. The van der Waals surface area contributed by atoms with E-state index in [4.69, 9.17) is 5.73 Å². The summed E-state index contributed by atoms with van der Waals surface area (Å²) in [5, 5.41) is 6.70. The van der Waals surface area contributed by atoms with E-state index in [1.54, 1.807) is 7.05 Å². The summed E-state index contributed by atoms with van der Waals surface area (Å²) in [6, 6.07) is -0.264. The lowest BCUT2D eigenvalue weighted by Crippen LogP contribution is -2.56. The molecule has 0 spiro atoms. The average molecular weight is 290 g/mol. The zero-order valence-electron chi connectivity index (χ0n) is 11.1. The van der Waals surface area contributed by atoms with Crippen molar-refractivity contribution in [1.29, 1.82) is 0 Å². The van der Waals surface area contributed by atoms with Crippen molar-refractivity contribution in [1.82, 2.24) is 15.1 Å². The van der Waals surface area contributed by atoms with Crippen LogP contribution in [-0.2, 0) is 11.0 Å². The van der Waals surface area contributed by atoms with Crippen LogP contribution in [0.1, 0.15) is 37.3 Å². The Morgan fingerprint density at radius 2 is 2.30 bits per heavy atom. The number of nitrogens with two attached hydrogens (primary N) is 1. The highest BCUT2D eigenvalue weighted by molar-refractivity contribution is 5.84. The number of likely N-dealkylation sites (N-methyl/N-ethyl adjacent to an activating group) is 1. The molecule has 5 nitrogen and oxygen atoms in total. The van der Waals surface area contributed by atoms with Crippen LogP contribution in [0.25, 0.3) is 0 Å². The zero-order valence-corrected chi connectivity index (χ0v) is 11.1. The Hall–Kier alpha value is -1.57. The Morgan fingerprint density at radius 1 is 1.60 bits per heavy atom. The van der Waals surface area contributed by atoms with Crippen LogP contribution in [0.15, 0.2) is 12.4 Å². The third kappa shape index (κ3) is 2.65. The van der Waals surface area contributed by atoms with Crippen molar-refractivity contribution in [2.75, 3.05) is 7.05 Å². The molecule has 2 rings (SSSR count). The number of halogens is 3. The highest BCUT2D eigenvalue weighted by atomic mass is 19.4. The van der Waals surface area contributed by atoms with Crippen molar-refractivity contribution in [3.8, 4) is 0 Å². The van der Waals surface area contributed by atoms with Gasteiger partial charge in [-0.25, -0.2) is 0 Å². The smallest absolute Gasteiger partial charge is 0.368 e. The molecule has 0 saturated heterocycles. The summed E-state index contributed by atoms with van der Waals surface area (Å²) in [6.07, 6.45) is -0.306. The minimum absolute atomic E-state index is 0.264. The van der Waals surface area contributed by atoms with E-state index in [0.29, 0.717) is 25.7 Å². The molecule has 1 saturated carbocycles. The Kier molecular flexibility index (Phi) is 3.77. The third-order valence-corrected chi connectivity index (χ3v) is 3.98. The molecule has 0 radical (unpaired) electrons. The van der Waals surface area contributed by atoms with Crippen LogP contribution in [0, 0.1) is 0 Å². The second-order valence-corrected chi connectivity index (χ2v) is 5.15. The molecule has 0 bridgehead atoms. The van der Waals surface area contributed by atoms with Crippen LogP contribution >= 0.6 is 0 Å². The largest absolute Gasteiger partial charge is 0.419 e. The molecule has 2 unspecified atom stereocenters. The summed E-state index contributed by atoms with van der Waals surface area (Å²) >= 11 is 0. The van der Waals surface area contributed by atoms with Gasteiger partial charge in [0.25, 0.3) is 0 Å². The molecular weight excluding hydrogens is 273 g/mol. The number of aromatic nitrogens is 2.